The minimum absolute atomic E-state index is 0.542. The van der Waals surface area contributed by atoms with Crippen LogP contribution in [0.15, 0.2) is 0 Å². The summed E-state index contributed by atoms with van der Waals surface area (Å²) in [5.41, 5.74) is -0.542. The van der Waals surface area contributed by atoms with E-state index < -0.39 is 5.60 Å². The Hall–Kier alpha value is -0.0400. The van der Waals surface area contributed by atoms with Gasteiger partial charge in [0.2, 0.25) is 0 Å². The average molecular weight is 101 g/mol. The minimum atomic E-state index is -0.542. The monoisotopic (exact) mass is 101 g/mol. The lowest BCUT2D eigenvalue weighted by Gasteiger charge is -2.16. The molecule has 0 aliphatic carbocycles. The van der Waals surface area contributed by atoms with Crippen molar-refractivity contribution in [2.24, 2.45) is 0 Å². The highest BCUT2D eigenvalue weighted by Gasteiger charge is 2.12. The van der Waals surface area contributed by atoms with E-state index >= 15 is 0 Å². The van der Waals surface area contributed by atoms with E-state index in [-0.39, 0.29) is 0 Å². The van der Waals surface area contributed by atoms with Crippen LogP contribution in [0.4, 0.5) is 0 Å². The molecular weight excluding hydrogens is 88.1 g/mol. The summed E-state index contributed by atoms with van der Waals surface area (Å²) in [6.07, 6.45) is 2.59. The van der Waals surface area contributed by atoms with Gasteiger partial charge < -0.3 is 5.11 Å². The van der Waals surface area contributed by atoms with Gasteiger partial charge in [0, 0.05) is 0 Å². The molecule has 0 rings (SSSR count). The average Bonchev–Trinajstić information content (AvgIpc) is 1.68. The van der Waals surface area contributed by atoms with Gasteiger partial charge in [0.1, 0.15) is 0 Å². The highest BCUT2D eigenvalue weighted by molar-refractivity contribution is 4.82. The van der Waals surface area contributed by atoms with Gasteiger partial charge in [-0.25, -0.2) is 0 Å². The summed E-state index contributed by atoms with van der Waals surface area (Å²) >= 11 is 0. The largest absolute Gasteiger partial charge is 0.390 e. The van der Waals surface area contributed by atoms with Crippen molar-refractivity contribution in [3.8, 4) is 0 Å². The van der Waals surface area contributed by atoms with Crippen LogP contribution in [0.5, 0.6) is 0 Å². The van der Waals surface area contributed by atoms with Gasteiger partial charge in [-0.2, -0.15) is 0 Å². The lowest BCUT2D eigenvalue weighted by Crippen LogP contribution is -2.21. The second kappa shape index (κ2) is 2.31. The van der Waals surface area contributed by atoms with Crippen LogP contribution in [0.3, 0.4) is 0 Å². The van der Waals surface area contributed by atoms with Gasteiger partial charge in [-0.05, 0) is 19.8 Å². The fraction of sp³-hybridized carbons (Fsp3) is 0.833. The van der Waals surface area contributed by atoms with Crippen molar-refractivity contribution in [3.05, 3.63) is 6.42 Å². The molecule has 1 unspecified atom stereocenters. The maximum atomic E-state index is 9.08. The zero-order chi connectivity index (χ0) is 5.91. The molecule has 1 nitrogen and oxygen atoms in total. The van der Waals surface area contributed by atoms with Gasteiger partial charge >= 0.3 is 0 Å². The molecule has 7 heavy (non-hydrogen) atoms. The van der Waals surface area contributed by atoms with Gasteiger partial charge in [-0.15, -0.1) is 0 Å². The van der Waals surface area contributed by atoms with E-state index in [0.717, 1.165) is 6.42 Å². The molecule has 1 radical (unpaired) electrons. The lowest BCUT2D eigenvalue weighted by atomic mass is 10.0. The molecule has 0 aliphatic heterocycles. The molecule has 0 aromatic carbocycles. The number of hydrogen-bond acceptors (Lipinski definition) is 1. The zero-order valence-electron chi connectivity index (χ0n) is 5.23. The van der Waals surface area contributed by atoms with E-state index in [1.165, 1.54) is 0 Å². The molecular formula is C6H13O. The fourth-order valence-electron chi connectivity index (χ4n) is 0.204. The molecule has 0 aromatic heterocycles. The molecule has 1 N–H and O–H groups in total. The van der Waals surface area contributed by atoms with E-state index in [4.69, 9.17) is 5.11 Å². The topological polar surface area (TPSA) is 20.2 Å². The molecule has 0 spiro atoms. The first-order valence-electron chi connectivity index (χ1n) is 2.65. The summed E-state index contributed by atoms with van der Waals surface area (Å²) in [6, 6.07) is 0. The van der Waals surface area contributed by atoms with Crippen molar-refractivity contribution in [1.29, 1.82) is 0 Å². The third-order valence-electron chi connectivity index (χ3n) is 1.34. The van der Waals surface area contributed by atoms with Crippen molar-refractivity contribution >= 4 is 0 Å². The first kappa shape index (κ1) is 6.96. The lowest BCUT2D eigenvalue weighted by molar-refractivity contribution is 0.0906. The fourth-order valence-corrected chi connectivity index (χ4v) is 0.204. The van der Waals surface area contributed by atoms with Gasteiger partial charge in [-0.3, -0.25) is 0 Å². The predicted molar refractivity (Wildman–Crippen MR) is 30.9 cm³/mol. The summed E-state index contributed by atoms with van der Waals surface area (Å²) in [5, 5.41) is 9.08. The molecule has 43 valence electrons. The molecule has 1 heteroatoms. The molecule has 1 atom stereocenters. The van der Waals surface area contributed by atoms with Crippen LogP contribution in [-0.4, -0.2) is 10.7 Å². The maximum absolute atomic E-state index is 9.08. The van der Waals surface area contributed by atoms with E-state index in [2.05, 4.69) is 0 Å². The minimum Gasteiger partial charge on any atom is -0.390 e. The summed E-state index contributed by atoms with van der Waals surface area (Å²) in [7, 11) is 0. The first-order chi connectivity index (χ1) is 3.12. The van der Waals surface area contributed by atoms with Crippen molar-refractivity contribution in [2.75, 3.05) is 0 Å². The summed E-state index contributed by atoms with van der Waals surface area (Å²) < 4.78 is 0. The number of hydrogen-bond donors (Lipinski definition) is 1. The Morgan fingerprint density at radius 2 is 2.14 bits per heavy atom. The second-order valence-corrected chi connectivity index (χ2v) is 2.00. The molecule has 0 saturated carbocycles. The third kappa shape index (κ3) is 2.63. The Morgan fingerprint density at radius 1 is 1.71 bits per heavy atom. The van der Waals surface area contributed by atoms with E-state index in [1.807, 2.05) is 13.8 Å². The van der Waals surface area contributed by atoms with Crippen LogP contribution in [0, 0.1) is 6.42 Å². The molecule has 0 amide bonds. The Labute approximate surface area is 45.4 Å². The third-order valence-corrected chi connectivity index (χ3v) is 1.34. The van der Waals surface area contributed by atoms with E-state index in [0.29, 0.717) is 0 Å². The van der Waals surface area contributed by atoms with E-state index in [9.17, 15) is 0 Å². The highest BCUT2D eigenvalue weighted by atomic mass is 16.3. The summed E-state index contributed by atoms with van der Waals surface area (Å²) in [5.74, 6) is 0. The standard InChI is InChI=1S/C6H13O/c1-4-6(3,7)5-2/h4,7H,5H2,1-3H3. The van der Waals surface area contributed by atoms with E-state index in [1.54, 1.807) is 13.3 Å². The number of aliphatic hydroxyl groups is 1. The van der Waals surface area contributed by atoms with Crippen LogP contribution < -0.4 is 0 Å². The van der Waals surface area contributed by atoms with Crippen molar-refractivity contribution in [1.82, 2.24) is 0 Å². The molecule has 0 heterocycles. The van der Waals surface area contributed by atoms with Gasteiger partial charge in [-0.1, -0.05) is 13.8 Å². The summed E-state index contributed by atoms with van der Waals surface area (Å²) in [6.45, 7) is 5.62. The van der Waals surface area contributed by atoms with Crippen molar-refractivity contribution < 1.29 is 5.11 Å². The Bertz CT molecular complexity index is 42.1. The van der Waals surface area contributed by atoms with Crippen LogP contribution in [0.1, 0.15) is 27.2 Å². The van der Waals surface area contributed by atoms with Crippen LogP contribution in [0.2, 0.25) is 0 Å². The predicted octanol–water partition coefficient (Wildman–Crippen LogP) is 1.37. The highest BCUT2D eigenvalue weighted by Crippen LogP contribution is 2.10. The van der Waals surface area contributed by atoms with Gasteiger partial charge in [0.05, 0.1) is 5.60 Å². The molecule has 0 saturated heterocycles. The molecule has 0 aliphatic rings. The Kier molecular flexibility index (Phi) is 2.30. The molecule has 0 aromatic rings. The Balaban J connectivity index is 3.36. The normalized spacial score (nSPS) is 12.0. The molecule has 0 fully saturated rings. The first-order valence-corrected chi connectivity index (χ1v) is 2.65. The SMILES string of the molecule is C[CH]C(C)(O)CC. The van der Waals surface area contributed by atoms with Crippen LogP contribution in [0.25, 0.3) is 0 Å². The van der Waals surface area contributed by atoms with Crippen LogP contribution in [-0.2, 0) is 0 Å². The van der Waals surface area contributed by atoms with Crippen LogP contribution >= 0.6 is 0 Å². The number of rotatable bonds is 2. The Morgan fingerprint density at radius 3 is 2.14 bits per heavy atom. The van der Waals surface area contributed by atoms with Crippen molar-refractivity contribution in [3.63, 3.8) is 0 Å². The summed E-state index contributed by atoms with van der Waals surface area (Å²) in [4.78, 5) is 0. The van der Waals surface area contributed by atoms with Gasteiger partial charge in [0.25, 0.3) is 0 Å². The smallest absolute Gasteiger partial charge is 0.0646 e. The maximum Gasteiger partial charge on any atom is 0.0646 e. The molecule has 0 bridgehead atoms. The quantitative estimate of drug-likeness (QED) is 0.557. The zero-order valence-corrected chi connectivity index (χ0v) is 5.23. The van der Waals surface area contributed by atoms with Gasteiger partial charge in [0.15, 0.2) is 0 Å². The second-order valence-electron chi connectivity index (χ2n) is 2.00. The van der Waals surface area contributed by atoms with Crippen molar-refractivity contribution in [2.45, 2.75) is 32.8 Å².